The van der Waals surface area contributed by atoms with Crippen LogP contribution in [0.5, 0.6) is 0 Å². The number of nitrogens with zero attached hydrogens (tertiary/aromatic N) is 1. The second-order valence-corrected chi connectivity index (χ2v) is 7.41. The molecule has 1 aromatic rings. The molecule has 6 heteroatoms. The lowest BCUT2D eigenvalue weighted by atomic mass is 10.1. The van der Waals surface area contributed by atoms with Gasteiger partial charge in [0.15, 0.2) is 0 Å². The molecular weight excluding hydrogens is 369 g/mol. The molecule has 5 nitrogen and oxygen atoms in total. The van der Waals surface area contributed by atoms with E-state index in [2.05, 4.69) is 22.8 Å². The van der Waals surface area contributed by atoms with Gasteiger partial charge in [0.1, 0.15) is 5.82 Å². The van der Waals surface area contributed by atoms with Crippen LogP contribution in [0.1, 0.15) is 89.5 Å². The summed E-state index contributed by atoms with van der Waals surface area (Å²) in [6.45, 7) is 2.14. The second kappa shape index (κ2) is 16.7. The zero-order valence-electron chi connectivity index (χ0n) is 17.7. The van der Waals surface area contributed by atoms with Gasteiger partial charge >= 0.3 is 0 Å². The molecule has 0 bridgehead atoms. The van der Waals surface area contributed by atoms with Gasteiger partial charge in [-0.1, -0.05) is 83.3 Å². The van der Waals surface area contributed by atoms with Crippen LogP contribution < -0.4 is 10.7 Å². The van der Waals surface area contributed by atoms with E-state index in [1.807, 2.05) is 0 Å². The highest BCUT2D eigenvalue weighted by molar-refractivity contribution is 5.86. The largest absolute Gasteiger partial charge is 0.347 e. The Labute approximate surface area is 174 Å². The number of nitrogens with one attached hydrogen (secondary N) is 2. The number of halogens is 1. The first-order valence-electron chi connectivity index (χ1n) is 11.0. The molecule has 0 fully saturated rings. The van der Waals surface area contributed by atoms with Crippen molar-refractivity contribution in [3.8, 4) is 0 Å². The van der Waals surface area contributed by atoms with Gasteiger partial charge in [-0.25, -0.2) is 9.82 Å². The van der Waals surface area contributed by atoms with Crippen LogP contribution in [0.3, 0.4) is 0 Å². The summed E-state index contributed by atoms with van der Waals surface area (Å²) in [5.41, 5.74) is 3.01. The minimum Gasteiger partial charge on any atom is -0.347 e. The molecule has 0 aliphatic heterocycles. The van der Waals surface area contributed by atoms with Crippen molar-refractivity contribution in [1.82, 2.24) is 10.7 Å². The molecule has 1 aromatic carbocycles. The number of hydrogen-bond donors (Lipinski definition) is 2. The Hall–Kier alpha value is -2.24. The van der Waals surface area contributed by atoms with Crippen molar-refractivity contribution < 1.29 is 14.0 Å². The highest BCUT2D eigenvalue weighted by atomic mass is 19.1. The molecule has 0 radical (unpaired) electrons. The monoisotopic (exact) mass is 405 g/mol. The Bertz CT molecular complexity index is 603. The first-order chi connectivity index (χ1) is 14.1. The number of carbonyl (C=O) groups is 2. The number of benzene rings is 1. The molecule has 0 saturated carbocycles. The van der Waals surface area contributed by atoms with Crippen molar-refractivity contribution in [2.24, 2.45) is 5.10 Å². The first kappa shape index (κ1) is 24.8. The van der Waals surface area contributed by atoms with Crippen molar-refractivity contribution in [3.63, 3.8) is 0 Å². The van der Waals surface area contributed by atoms with Gasteiger partial charge in [-0.05, 0) is 24.1 Å². The maximum Gasteiger partial charge on any atom is 0.259 e. The van der Waals surface area contributed by atoms with Crippen LogP contribution in [-0.2, 0) is 9.59 Å². The first-order valence-corrected chi connectivity index (χ1v) is 11.0. The van der Waals surface area contributed by atoms with Crippen molar-refractivity contribution in [3.05, 3.63) is 35.6 Å². The van der Waals surface area contributed by atoms with Crippen molar-refractivity contribution in [1.29, 1.82) is 0 Å². The summed E-state index contributed by atoms with van der Waals surface area (Å²) in [7, 11) is 0. The van der Waals surface area contributed by atoms with Crippen LogP contribution in [0.2, 0.25) is 0 Å². The molecule has 2 amide bonds. The Morgan fingerprint density at radius 1 is 0.862 bits per heavy atom. The Balaban J connectivity index is 1.95. The molecule has 0 spiro atoms. The molecule has 2 N–H and O–H groups in total. The fraction of sp³-hybridized carbons (Fsp3) is 0.609. The average molecular weight is 406 g/mol. The van der Waals surface area contributed by atoms with Gasteiger partial charge in [0.2, 0.25) is 5.91 Å². The zero-order chi connectivity index (χ0) is 21.2. The third-order valence-corrected chi connectivity index (χ3v) is 4.73. The number of hydrazone groups is 1. The predicted octanol–water partition coefficient (Wildman–Crippen LogP) is 5.09. The summed E-state index contributed by atoms with van der Waals surface area (Å²) in [5, 5.41) is 6.38. The molecule has 29 heavy (non-hydrogen) atoms. The summed E-state index contributed by atoms with van der Waals surface area (Å²) in [6.07, 6.45) is 15.5. The fourth-order valence-electron chi connectivity index (χ4n) is 2.98. The van der Waals surface area contributed by atoms with Gasteiger partial charge in [-0.2, -0.15) is 5.10 Å². The quantitative estimate of drug-likeness (QED) is 0.228. The van der Waals surface area contributed by atoms with E-state index >= 15 is 0 Å². The topological polar surface area (TPSA) is 70.6 Å². The van der Waals surface area contributed by atoms with Crippen LogP contribution in [0.25, 0.3) is 0 Å². The van der Waals surface area contributed by atoms with Gasteiger partial charge in [0.25, 0.3) is 5.91 Å². The molecular formula is C23H36FN3O2. The summed E-state index contributed by atoms with van der Waals surface area (Å²) in [5.74, 6) is -0.832. The van der Waals surface area contributed by atoms with Crippen LogP contribution >= 0.6 is 0 Å². The molecule has 1 rings (SSSR count). The number of carbonyl (C=O) groups excluding carboxylic acids is 2. The zero-order valence-corrected chi connectivity index (χ0v) is 17.7. The SMILES string of the molecule is CCCCCCCCCCCCCC(=O)NCC(=O)N/N=C\c1ccc(F)cc1. The number of rotatable bonds is 16. The number of amides is 2. The molecule has 0 unspecified atom stereocenters. The van der Waals surface area contributed by atoms with Crippen molar-refractivity contribution in [2.45, 2.75) is 84.0 Å². The Morgan fingerprint density at radius 3 is 2.00 bits per heavy atom. The predicted molar refractivity (Wildman–Crippen MR) is 116 cm³/mol. The summed E-state index contributed by atoms with van der Waals surface area (Å²) in [4.78, 5) is 23.4. The van der Waals surface area contributed by atoms with E-state index in [0.717, 1.165) is 12.8 Å². The third-order valence-electron chi connectivity index (χ3n) is 4.73. The Kier molecular flexibility index (Phi) is 14.3. The molecule has 0 saturated heterocycles. The minimum absolute atomic E-state index is 0.0996. The third kappa shape index (κ3) is 14.4. The van der Waals surface area contributed by atoms with Gasteiger partial charge in [0.05, 0.1) is 12.8 Å². The lowest BCUT2D eigenvalue weighted by Gasteiger charge is -2.05. The van der Waals surface area contributed by atoms with Crippen molar-refractivity contribution in [2.75, 3.05) is 6.54 Å². The lowest BCUT2D eigenvalue weighted by molar-refractivity contribution is -0.126. The highest BCUT2D eigenvalue weighted by Crippen LogP contribution is 2.11. The molecule has 162 valence electrons. The molecule has 0 aliphatic rings. The maximum atomic E-state index is 12.8. The summed E-state index contributed by atoms with van der Waals surface area (Å²) in [6, 6.07) is 5.75. The van der Waals surface area contributed by atoms with Crippen LogP contribution in [0, 0.1) is 5.82 Å². The molecule has 0 aliphatic carbocycles. The van der Waals surface area contributed by atoms with E-state index in [0.29, 0.717) is 12.0 Å². The van der Waals surface area contributed by atoms with Gasteiger partial charge in [-0.15, -0.1) is 0 Å². The minimum atomic E-state index is -0.393. The maximum absolute atomic E-state index is 12.8. The van der Waals surface area contributed by atoms with Crippen LogP contribution in [0.4, 0.5) is 4.39 Å². The van der Waals surface area contributed by atoms with Crippen molar-refractivity contribution >= 4 is 18.0 Å². The van der Waals surface area contributed by atoms with E-state index in [9.17, 15) is 14.0 Å². The summed E-state index contributed by atoms with van der Waals surface area (Å²) < 4.78 is 12.8. The second-order valence-electron chi connectivity index (χ2n) is 7.41. The normalized spacial score (nSPS) is 11.0. The molecule has 0 atom stereocenters. The highest BCUT2D eigenvalue weighted by Gasteiger charge is 2.04. The average Bonchev–Trinajstić information content (AvgIpc) is 2.72. The van der Waals surface area contributed by atoms with E-state index < -0.39 is 5.91 Å². The lowest BCUT2D eigenvalue weighted by Crippen LogP contribution is -2.34. The standard InChI is InChI=1S/C23H36FN3O2/c1-2-3-4-5-6-7-8-9-10-11-12-13-22(28)25-19-23(29)27-26-18-20-14-16-21(24)17-15-20/h14-18H,2-13,19H2,1H3,(H,25,28)(H,27,29)/b26-18-. The van der Waals surface area contributed by atoms with Gasteiger partial charge in [0, 0.05) is 6.42 Å². The smallest absolute Gasteiger partial charge is 0.259 e. The van der Waals surface area contributed by atoms with Gasteiger partial charge in [-0.3, -0.25) is 9.59 Å². The van der Waals surface area contributed by atoms with E-state index in [1.54, 1.807) is 12.1 Å². The van der Waals surface area contributed by atoms with Gasteiger partial charge < -0.3 is 5.32 Å². The molecule has 0 heterocycles. The fourth-order valence-corrected chi connectivity index (χ4v) is 2.98. The van der Waals surface area contributed by atoms with Crippen LogP contribution in [0.15, 0.2) is 29.4 Å². The summed E-state index contributed by atoms with van der Waals surface area (Å²) >= 11 is 0. The van der Waals surface area contributed by atoms with E-state index in [4.69, 9.17) is 0 Å². The van der Waals surface area contributed by atoms with Crippen LogP contribution in [-0.4, -0.2) is 24.6 Å². The number of hydrogen-bond acceptors (Lipinski definition) is 3. The number of unbranched alkanes of at least 4 members (excludes halogenated alkanes) is 10. The van der Waals surface area contributed by atoms with E-state index in [-0.39, 0.29) is 18.3 Å². The van der Waals surface area contributed by atoms with E-state index in [1.165, 1.54) is 76.1 Å². The molecule has 0 aromatic heterocycles. The Morgan fingerprint density at radius 2 is 1.41 bits per heavy atom.